The summed E-state index contributed by atoms with van der Waals surface area (Å²) in [5.74, 6) is 0. The van der Waals surface area contributed by atoms with Gasteiger partial charge in [-0.15, -0.1) is 0 Å². The molecule has 0 saturated heterocycles. The van der Waals surface area contributed by atoms with Gasteiger partial charge in [0.2, 0.25) is 0 Å². The summed E-state index contributed by atoms with van der Waals surface area (Å²) in [5.41, 5.74) is -0.663. The minimum atomic E-state index is -3.58. The van der Waals surface area contributed by atoms with Crippen molar-refractivity contribution in [2.24, 2.45) is 0 Å². The van der Waals surface area contributed by atoms with Gasteiger partial charge in [0.05, 0.1) is 24.7 Å². The number of imidazole rings is 1. The fraction of sp³-hybridized carbons (Fsp3) is 0.625. The molecule has 0 spiro atoms. The van der Waals surface area contributed by atoms with Crippen molar-refractivity contribution >= 4 is 10.0 Å². The summed E-state index contributed by atoms with van der Waals surface area (Å²) >= 11 is 0. The number of aliphatic hydroxyl groups excluding tert-OH is 1. The number of hydrogen-bond donors (Lipinski definition) is 3. The molecular formula is C8H13N3O3S. The van der Waals surface area contributed by atoms with Gasteiger partial charge in [-0.2, -0.15) is 0 Å². The van der Waals surface area contributed by atoms with E-state index in [0.717, 1.165) is 6.42 Å². The second-order valence-electron chi connectivity index (χ2n) is 3.81. The summed E-state index contributed by atoms with van der Waals surface area (Å²) in [7, 11) is -3.58. The number of sulfonamides is 1. The summed E-state index contributed by atoms with van der Waals surface area (Å²) in [5, 5.41) is 9.17. The number of aromatic nitrogens is 2. The minimum Gasteiger partial charge on any atom is -0.394 e. The Morgan fingerprint density at radius 1 is 1.60 bits per heavy atom. The van der Waals surface area contributed by atoms with Crippen LogP contribution in [0.4, 0.5) is 0 Å². The van der Waals surface area contributed by atoms with Crippen LogP contribution in [0.1, 0.15) is 19.3 Å². The lowest BCUT2D eigenvalue weighted by Crippen LogP contribution is -2.56. The molecule has 1 aromatic rings. The van der Waals surface area contributed by atoms with Crippen LogP contribution in [0.2, 0.25) is 0 Å². The molecule has 1 fully saturated rings. The van der Waals surface area contributed by atoms with Crippen LogP contribution in [0.3, 0.4) is 0 Å². The fourth-order valence-electron chi connectivity index (χ4n) is 1.63. The summed E-state index contributed by atoms with van der Waals surface area (Å²) < 4.78 is 26.0. The second kappa shape index (κ2) is 3.58. The quantitative estimate of drug-likeness (QED) is 0.657. The minimum absolute atomic E-state index is 0.0298. The van der Waals surface area contributed by atoms with Crippen molar-refractivity contribution in [2.45, 2.75) is 29.8 Å². The van der Waals surface area contributed by atoms with Gasteiger partial charge in [-0.3, -0.25) is 0 Å². The molecule has 0 atom stereocenters. The molecule has 3 N–H and O–H groups in total. The average molecular weight is 231 g/mol. The van der Waals surface area contributed by atoms with E-state index in [4.69, 9.17) is 5.11 Å². The Morgan fingerprint density at radius 3 is 2.73 bits per heavy atom. The van der Waals surface area contributed by atoms with Crippen molar-refractivity contribution in [3.63, 3.8) is 0 Å². The maximum absolute atomic E-state index is 11.8. The SMILES string of the molecule is O=S(=O)(NC1(CO)CCC1)c1cnc[nH]1. The van der Waals surface area contributed by atoms with Crippen LogP contribution in [0.15, 0.2) is 17.6 Å². The Bertz CT molecular complexity index is 416. The first-order valence-electron chi connectivity index (χ1n) is 4.71. The van der Waals surface area contributed by atoms with E-state index in [1.807, 2.05) is 0 Å². The number of nitrogens with one attached hydrogen (secondary N) is 2. The third-order valence-corrected chi connectivity index (χ3v) is 4.23. The number of hydrogen-bond acceptors (Lipinski definition) is 4. The van der Waals surface area contributed by atoms with Crippen molar-refractivity contribution in [2.75, 3.05) is 6.61 Å². The van der Waals surface area contributed by atoms with Crippen molar-refractivity contribution in [3.05, 3.63) is 12.5 Å². The highest BCUT2D eigenvalue weighted by Gasteiger charge is 2.40. The van der Waals surface area contributed by atoms with E-state index >= 15 is 0 Å². The summed E-state index contributed by atoms with van der Waals surface area (Å²) in [6.45, 7) is -0.166. The molecule has 7 heteroatoms. The molecule has 1 aromatic heterocycles. The molecule has 15 heavy (non-hydrogen) atoms. The highest BCUT2D eigenvalue weighted by Crippen LogP contribution is 2.32. The smallest absolute Gasteiger partial charge is 0.258 e. The molecular weight excluding hydrogens is 218 g/mol. The lowest BCUT2D eigenvalue weighted by Gasteiger charge is -2.40. The summed E-state index contributed by atoms with van der Waals surface area (Å²) in [6, 6.07) is 0. The van der Waals surface area contributed by atoms with E-state index in [9.17, 15) is 8.42 Å². The van der Waals surface area contributed by atoms with Crippen LogP contribution >= 0.6 is 0 Å². The number of nitrogens with zero attached hydrogens (tertiary/aromatic N) is 1. The molecule has 0 bridgehead atoms. The second-order valence-corrected chi connectivity index (χ2v) is 5.46. The van der Waals surface area contributed by atoms with Gasteiger partial charge >= 0.3 is 0 Å². The molecule has 0 aromatic carbocycles. The molecule has 1 aliphatic carbocycles. The van der Waals surface area contributed by atoms with Gasteiger partial charge < -0.3 is 10.1 Å². The van der Waals surface area contributed by atoms with E-state index in [2.05, 4.69) is 14.7 Å². The van der Waals surface area contributed by atoms with Crippen molar-refractivity contribution in [1.29, 1.82) is 0 Å². The molecule has 6 nitrogen and oxygen atoms in total. The topological polar surface area (TPSA) is 95.1 Å². The van der Waals surface area contributed by atoms with E-state index in [1.54, 1.807) is 0 Å². The lowest BCUT2D eigenvalue weighted by atomic mass is 9.78. The van der Waals surface area contributed by atoms with Gasteiger partial charge in [0, 0.05) is 0 Å². The monoisotopic (exact) mass is 231 g/mol. The van der Waals surface area contributed by atoms with Crippen molar-refractivity contribution in [1.82, 2.24) is 14.7 Å². The van der Waals surface area contributed by atoms with Crippen LogP contribution in [-0.2, 0) is 10.0 Å². The highest BCUT2D eigenvalue weighted by molar-refractivity contribution is 7.89. The Hall–Kier alpha value is -0.920. The van der Waals surface area contributed by atoms with Gasteiger partial charge in [-0.05, 0) is 19.3 Å². The third-order valence-electron chi connectivity index (χ3n) is 2.73. The van der Waals surface area contributed by atoms with Crippen molar-refractivity contribution < 1.29 is 13.5 Å². The Kier molecular flexibility index (Phi) is 2.53. The molecule has 0 aliphatic heterocycles. The van der Waals surface area contributed by atoms with Crippen LogP contribution in [0.25, 0.3) is 0 Å². The van der Waals surface area contributed by atoms with Gasteiger partial charge in [0.15, 0.2) is 5.03 Å². The highest BCUT2D eigenvalue weighted by atomic mass is 32.2. The Labute approximate surface area is 87.8 Å². The van der Waals surface area contributed by atoms with Crippen molar-refractivity contribution in [3.8, 4) is 0 Å². The van der Waals surface area contributed by atoms with Gasteiger partial charge in [-0.25, -0.2) is 18.1 Å². The van der Waals surface area contributed by atoms with E-state index in [-0.39, 0.29) is 11.6 Å². The molecule has 0 radical (unpaired) electrons. The molecule has 1 heterocycles. The summed E-state index contributed by atoms with van der Waals surface area (Å²) in [6.07, 6.45) is 4.84. The van der Waals surface area contributed by atoms with Gasteiger partial charge in [0.25, 0.3) is 10.0 Å². The van der Waals surface area contributed by atoms with Gasteiger partial charge in [-0.1, -0.05) is 0 Å². The molecule has 0 amide bonds. The van der Waals surface area contributed by atoms with Crippen LogP contribution < -0.4 is 4.72 Å². The zero-order chi connectivity index (χ0) is 10.9. The first-order valence-corrected chi connectivity index (χ1v) is 6.20. The Balaban J connectivity index is 2.18. The maximum Gasteiger partial charge on any atom is 0.258 e. The standard InChI is InChI=1S/C8H13N3O3S/c12-5-8(2-1-3-8)11-15(13,14)7-4-9-6-10-7/h4,6,11-12H,1-3,5H2,(H,9,10). The molecule has 84 valence electrons. The normalized spacial score (nSPS) is 19.8. The Morgan fingerprint density at radius 2 is 2.33 bits per heavy atom. The lowest BCUT2D eigenvalue weighted by molar-refractivity contribution is 0.110. The fourth-order valence-corrected chi connectivity index (χ4v) is 2.98. The molecule has 2 rings (SSSR count). The van der Waals surface area contributed by atoms with Gasteiger partial charge in [0.1, 0.15) is 0 Å². The predicted octanol–water partition coefficient (Wildman–Crippen LogP) is -0.397. The zero-order valence-electron chi connectivity index (χ0n) is 8.10. The largest absolute Gasteiger partial charge is 0.394 e. The molecule has 1 aliphatic rings. The van der Waals surface area contributed by atoms with E-state index in [1.165, 1.54) is 12.5 Å². The number of aliphatic hydroxyl groups is 1. The maximum atomic E-state index is 11.8. The molecule has 0 unspecified atom stereocenters. The zero-order valence-corrected chi connectivity index (χ0v) is 8.92. The molecule has 1 saturated carbocycles. The van der Waals surface area contributed by atoms with Crippen LogP contribution in [0.5, 0.6) is 0 Å². The average Bonchev–Trinajstić information content (AvgIpc) is 2.64. The van der Waals surface area contributed by atoms with E-state index < -0.39 is 15.6 Å². The van der Waals surface area contributed by atoms with Crippen LogP contribution in [0, 0.1) is 0 Å². The number of rotatable bonds is 4. The van der Waals surface area contributed by atoms with Crippen LogP contribution in [-0.4, -0.2) is 35.6 Å². The predicted molar refractivity (Wildman–Crippen MR) is 52.6 cm³/mol. The van der Waals surface area contributed by atoms with E-state index in [0.29, 0.717) is 12.8 Å². The first kappa shape index (κ1) is 10.6. The first-order chi connectivity index (χ1) is 7.08. The number of H-pyrrole nitrogens is 1. The summed E-state index contributed by atoms with van der Waals surface area (Å²) in [4.78, 5) is 6.18. The number of aromatic amines is 1. The third kappa shape index (κ3) is 1.90.